The number of hydrogen-bond acceptors (Lipinski definition) is 6. The molecule has 2 aromatic heterocycles. The Morgan fingerprint density at radius 2 is 1.78 bits per heavy atom. The van der Waals surface area contributed by atoms with Crippen molar-refractivity contribution < 1.29 is 14.6 Å². The predicted molar refractivity (Wildman–Crippen MR) is 117 cm³/mol. The molecule has 0 saturated heterocycles. The summed E-state index contributed by atoms with van der Waals surface area (Å²) in [5, 5.41) is 21.5. The minimum Gasteiger partial charge on any atom is -0.481 e. The van der Waals surface area contributed by atoms with Crippen molar-refractivity contribution in [3.63, 3.8) is 0 Å². The second-order valence-corrected chi connectivity index (χ2v) is 8.38. The highest BCUT2D eigenvalue weighted by Gasteiger charge is 2.44. The Morgan fingerprint density at radius 3 is 2.47 bits per heavy atom. The highest BCUT2D eigenvalue weighted by Crippen LogP contribution is 2.51. The number of rotatable bonds is 4. The third kappa shape index (κ3) is 3.11. The number of aryl methyl sites for hydroxylation is 1. The van der Waals surface area contributed by atoms with Gasteiger partial charge >= 0.3 is 5.97 Å². The first-order valence-electron chi connectivity index (χ1n) is 10.2. The van der Waals surface area contributed by atoms with E-state index in [0.29, 0.717) is 17.5 Å². The van der Waals surface area contributed by atoms with Crippen LogP contribution in [0.2, 0.25) is 0 Å². The fourth-order valence-corrected chi connectivity index (χ4v) is 4.14. The molecule has 0 fully saturated rings. The number of fused-ring (bicyclic) bond motifs is 2. The summed E-state index contributed by atoms with van der Waals surface area (Å²) in [5.74, 6) is 0.507. The van der Waals surface area contributed by atoms with Gasteiger partial charge in [0.1, 0.15) is 5.75 Å². The lowest BCUT2D eigenvalue weighted by atomic mass is 9.70. The average molecular weight is 427 g/mol. The van der Waals surface area contributed by atoms with Crippen LogP contribution < -0.4 is 4.74 Å². The van der Waals surface area contributed by atoms with Crippen LogP contribution >= 0.6 is 0 Å². The van der Waals surface area contributed by atoms with Gasteiger partial charge in [0.05, 0.1) is 16.8 Å². The van der Waals surface area contributed by atoms with Crippen molar-refractivity contribution in [1.29, 1.82) is 0 Å². The van der Waals surface area contributed by atoms with Gasteiger partial charge in [-0.05, 0) is 55.5 Å². The summed E-state index contributed by atoms with van der Waals surface area (Å²) in [5.41, 5.74) is 3.06. The Morgan fingerprint density at radius 1 is 1.03 bits per heavy atom. The van der Waals surface area contributed by atoms with Crippen LogP contribution in [0.15, 0.2) is 60.7 Å². The fraction of sp³-hybridized carbons (Fsp3) is 0.208. The molecule has 0 bridgehead atoms. The molecule has 1 aliphatic heterocycles. The van der Waals surface area contributed by atoms with Crippen molar-refractivity contribution in [2.45, 2.75) is 26.7 Å². The number of hydrogen-bond donors (Lipinski definition) is 1. The number of carboxylic acid groups (broad SMARTS) is 1. The number of aliphatic carboxylic acids is 1. The molecule has 8 nitrogen and oxygen atoms in total. The highest BCUT2D eigenvalue weighted by atomic mass is 16.5. The molecule has 160 valence electrons. The lowest BCUT2D eigenvalue weighted by Crippen LogP contribution is -2.33. The van der Waals surface area contributed by atoms with E-state index in [1.807, 2.05) is 67.6 Å². The number of nitrogens with zero attached hydrogens (tertiary/aromatic N) is 5. The van der Waals surface area contributed by atoms with Crippen molar-refractivity contribution >= 4 is 5.97 Å². The standard InChI is InChI=1S/C24H21N5O3/c1-14-26-27-28-29(14)16-10-8-15(9-11-16)19-13-12-18-21(24(2,3)23(30)31)17-6-4-5-7-20(17)32-22(18)25-19/h4-13,21H,1-3H3,(H,30,31). The summed E-state index contributed by atoms with van der Waals surface area (Å²) >= 11 is 0. The van der Waals surface area contributed by atoms with E-state index in [9.17, 15) is 9.90 Å². The van der Waals surface area contributed by atoms with Crippen LogP contribution in [0, 0.1) is 12.3 Å². The molecule has 8 heteroatoms. The molecule has 4 aromatic rings. The van der Waals surface area contributed by atoms with Crippen LogP contribution in [-0.2, 0) is 4.79 Å². The Bertz CT molecular complexity index is 1330. The monoisotopic (exact) mass is 427 g/mol. The van der Waals surface area contributed by atoms with Crippen molar-refractivity contribution in [2.75, 3.05) is 0 Å². The van der Waals surface area contributed by atoms with Crippen LogP contribution in [0.25, 0.3) is 16.9 Å². The number of aromatic nitrogens is 5. The SMILES string of the molecule is Cc1nnnn1-c1ccc(-c2ccc3c(n2)Oc2ccccc2C3C(C)(C)C(=O)O)cc1. The van der Waals surface area contributed by atoms with Crippen molar-refractivity contribution in [1.82, 2.24) is 25.2 Å². The first kappa shape index (κ1) is 19.9. The highest BCUT2D eigenvalue weighted by molar-refractivity contribution is 5.77. The van der Waals surface area contributed by atoms with Gasteiger partial charge in [-0.3, -0.25) is 4.79 Å². The maximum absolute atomic E-state index is 12.1. The van der Waals surface area contributed by atoms with Crippen molar-refractivity contribution in [3.8, 4) is 28.6 Å². The molecule has 1 aliphatic rings. The zero-order valence-corrected chi connectivity index (χ0v) is 17.9. The predicted octanol–water partition coefficient (Wildman–Crippen LogP) is 4.38. The maximum atomic E-state index is 12.1. The first-order valence-corrected chi connectivity index (χ1v) is 10.2. The molecule has 0 saturated carbocycles. The molecule has 1 N–H and O–H groups in total. The van der Waals surface area contributed by atoms with E-state index < -0.39 is 11.4 Å². The minimum absolute atomic E-state index is 0.383. The Labute approximate surface area is 184 Å². The Hall–Kier alpha value is -4.07. The average Bonchev–Trinajstić information content (AvgIpc) is 3.22. The van der Waals surface area contributed by atoms with E-state index in [4.69, 9.17) is 9.72 Å². The van der Waals surface area contributed by atoms with E-state index in [-0.39, 0.29) is 5.92 Å². The third-order valence-corrected chi connectivity index (χ3v) is 5.94. The fourth-order valence-electron chi connectivity index (χ4n) is 4.14. The lowest BCUT2D eigenvalue weighted by Gasteiger charge is -2.36. The first-order chi connectivity index (χ1) is 15.4. The summed E-state index contributed by atoms with van der Waals surface area (Å²) in [6, 6.07) is 19.1. The number of pyridine rings is 1. The van der Waals surface area contributed by atoms with Gasteiger partial charge < -0.3 is 9.84 Å². The van der Waals surface area contributed by atoms with Crippen LogP contribution in [0.5, 0.6) is 11.6 Å². The van der Waals surface area contributed by atoms with Gasteiger partial charge in [0.2, 0.25) is 5.88 Å². The third-order valence-electron chi connectivity index (χ3n) is 5.94. The largest absolute Gasteiger partial charge is 0.481 e. The molecule has 0 spiro atoms. The molecule has 2 aromatic carbocycles. The van der Waals surface area contributed by atoms with Gasteiger partial charge in [-0.15, -0.1) is 5.10 Å². The van der Waals surface area contributed by atoms with Crippen LogP contribution in [-0.4, -0.2) is 36.3 Å². The molecule has 0 aliphatic carbocycles. The molecule has 32 heavy (non-hydrogen) atoms. The summed E-state index contributed by atoms with van der Waals surface area (Å²) in [7, 11) is 0. The second-order valence-electron chi connectivity index (χ2n) is 8.38. The molecular formula is C24H21N5O3. The van der Waals surface area contributed by atoms with E-state index in [1.165, 1.54) is 0 Å². The van der Waals surface area contributed by atoms with Crippen LogP contribution in [0.4, 0.5) is 0 Å². The number of carbonyl (C=O) groups is 1. The zero-order valence-electron chi connectivity index (χ0n) is 17.9. The Balaban J connectivity index is 1.56. The van der Waals surface area contributed by atoms with Crippen molar-refractivity contribution in [2.24, 2.45) is 5.41 Å². The second kappa shape index (κ2) is 7.26. The number of tetrazole rings is 1. The molecule has 5 rings (SSSR count). The number of carboxylic acids is 1. The quantitative estimate of drug-likeness (QED) is 0.515. The van der Waals surface area contributed by atoms with E-state index in [0.717, 1.165) is 28.1 Å². The molecule has 3 heterocycles. The summed E-state index contributed by atoms with van der Waals surface area (Å²) in [4.78, 5) is 16.9. The molecule has 0 radical (unpaired) electrons. The van der Waals surface area contributed by atoms with Gasteiger partial charge in [-0.25, -0.2) is 4.98 Å². The van der Waals surface area contributed by atoms with Gasteiger partial charge in [0, 0.05) is 22.6 Å². The van der Waals surface area contributed by atoms with E-state index >= 15 is 0 Å². The Kier molecular flexibility index (Phi) is 4.51. The maximum Gasteiger partial charge on any atom is 0.310 e. The van der Waals surface area contributed by atoms with E-state index in [2.05, 4.69) is 15.5 Å². The smallest absolute Gasteiger partial charge is 0.310 e. The zero-order chi connectivity index (χ0) is 22.5. The summed E-state index contributed by atoms with van der Waals surface area (Å²) in [6.45, 7) is 5.31. The molecule has 1 unspecified atom stereocenters. The lowest BCUT2D eigenvalue weighted by molar-refractivity contribution is -0.147. The van der Waals surface area contributed by atoms with E-state index in [1.54, 1.807) is 18.5 Å². The normalized spacial score (nSPS) is 14.9. The number of benzene rings is 2. The van der Waals surface area contributed by atoms with Gasteiger partial charge in [-0.2, -0.15) is 4.68 Å². The number of para-hydroxylation sites is 1. The minimum atomic E-state index is -1.04. The van der Waals surface area contributed by atoms with Gasteiger partial charge in [0.25, 0.3) is 0 Å². The summed E-state index contributed by atoms with van der Waals surface area (Å²) in [6.07, 6.45) is 0. The number of ether oxygens (including phenoxy) is 1. The van der Waals surface area contributed by atoms with Crippen LogP contribution in [0.1, 0.15) is 36.7 Å². The van der Waals surface area contributed by atoms with Crippen molar-refractivity contribution in [3.05, 3.63) is 77.6 Å². The summed E-state index contributed by atoms with van der Waals surface area (Å²) < 4.78 is 7.76. The molecule has 1 atom stereocenters. The molecular weight excluding hydrogens is 406 g/mol. The topological polar surface area (TPSA) is 103 Å². The van der Waals surface area contributed by atoms with Gasteiger partial charge in [0.15, 0.2) is 5.82 Å². The molecule has 0 amide bonds. The van der Waals surface area contributed by atoms with Crippen LogP contribution in [0.3, 0.4) is 0 Å². The van der Waals surface area contributed by atoms with Gasteiger partial charge in [-0.1, -0.05) is 36.4 Å².